The van der Waals surface area contributed by atoms with Gasteiger partial charge in [-0.05, 0) is 54.8 Å². The van der Waals surface area contributed by atoms with Crippen molar-refractivity contribution < 1.29 is 14.3 Å². The van der Waals surface area contributed by atoms with Gasteiger partial charge in [-0.3, -0.25) is 9.59 Å². The normalized spacial score (nSPS) is 10.2. The molecule has 0 spiro atoms. The number of anilines is 1. The number of carbonyl (C=O) groups is 2. The summed E-state index contributed by atoms with van der Waals surface area (Å²) in [6, 6.07) is 14.6. The van der Waals surface area contributed by atoms with E-state index in [4.69, 9.17) is 4.74 Å². The molecule has 0 aliphatic carbocycles. The van der Waals surface area contributed by atoms with Gasteiger partial charge < -0.3 is 15.0 Å². The van der Waals surface area contributed by atoms with Crippen LogP contribution in [0, 0.1) is 0 Å². The van der Waals surface area contributed by atoms with E-state index in [-0.39, 0.29) is 11.8 Å². The van der Waals surface area contributed by atoms with Crippen molar-refractivity contribution in [1.82, 2.24) is 4.90 Å². The third-order valence-electron chi connectivity index (χ3n) is 3.92. The molecule has 5 nitrogen and oxygen atoms in total. The smallest absolute Gasteiger partial charge is 0.255 e. The third kappa shape index (κ3) is 6.62. The molecule has 0 aliphatic heterocycles. The van der Waals surface area contributed by atoms with Gasteiger partial charge >= 0.3 is 0 Å². The summed E-state index contributed by atoms with van der Waals surface area (Å²) in [6.45, 7) is 6.10. The van der Waals surface area contributed by atoms with Crippen molar-refractivity contribution in [2.24, 2.45) is 0 Å². The van der Waals surface area contributed by atoms with Gasteiger partial charge in [0.25, 0.3) is 5.91 Å². The SMILES string of the molecule is C=C(C)COc1cccc(C(=O)Nc2ccc(CCC(=O)N(C)C)cc2)c1. The number of ether oxygens (including phenoxy) is 1. The fourth-order valence-corrected chi connectivity index (χ4v) is 2.37. The lowest BCUT2D eigenvalue weighted by molar-refractivity contribution is -0.128. The van der Waals surface area contributed by atoms with Crippen LogP contribution >= 0.6 is 0 Å². The van der Waals surface area contributed by atoms with Crippen molar-refractivity contribution in [3.05, 3.63) is 71.8 Å². The Balaban J connectivity index is 1.94. The summed E-state index contributed by atoms with van der Waals surface area (Å²) >= 11 is 0. The number of rotatable bonds is 8. The van der Waals surface area contributed by atoms with Crippen LogP contribution in [0.3, 0.4) is 0 Å². The molecular formula is C22H26N2O3. The summed E-state index contributed by atoms with van der Waals surface area (Å²) in [5.41, 5.74) is 3.20. The Bertz CT molecular complexity index is 811. The van der Waals surface area contributed by atoms with E-state index in [9.17, 15) is 9.59 Å². The van der Waals surface area contributed by atoms with Gasteiger partial charge in [-0.25, -0.2) is 0 Å². The fraction of sp³-hybridized carbons (Fsp3) is 0.273. The lowest BCUT2D eigenvalue weighted by Gasteiger charge is -2.11. The highest BCUT2D eigenvalue weighted by atomic mass is 16.5. The predicted octanol–water partition coefficient (Wildman–Crippen LogP) is 3.91. The first-order valence-electron chi connectivity index (χ1n) is 8.83. The van der Waals surface area contributed by atoms with Crippen LogP contribution in [-0.2, 0) is 11.2 Å². The fourth-order valence-electron chi connectivity index (χ4n) is 2.37. The van der Waals surface area contributed by atoms with Crippen molar-refractivity contribution >= 4 is 17.5 Å². The van der Waals surface area contributed by atoms with E-state index in [1.165, 1.54) is 0 Å². The lowest BCUT2D eigenvalue weighted by atomic mass is 10.1. The number of nitrogens with one attached hydrogen (secondary N) is 1. The van der Waals surface area contributed by atoms with Crippen LogP contribution in [0.2, 0.25) is 0 Å². The Hall–Kier alpha value is -3.08. The second-order valence-electron chi connectivity index (χ2n) is 6.71. The van der Waals surface area contributed by atoms with Crippen molar-refractivity contribution in [3.63, 3.8) is 0 Å². The maximum absolute atomic E-state index is 12.4. The van der Waals surface area contributed by atoms with Crippen LogP contribution < -0.4 is 10.1 Å². The van der Waals surface area contributed by atoms with Gasteiger partial charge in [0, 0.05) is 31.8 Å². The second kappa shape index (κ2) is 9.57. The molecule has 2 rings (SSSR count). The van der Waals surface area contributed by atoms with E-state index in [0.29, 0.717) is 36.4 Å². The average Bonchev–Trinajstić information content (AvgIpc) is 2.65. The van der Waals surface area contributed by atoms with Gasteiger partial charge in [-0.15, -0.1) is 0 Å². The first-order chi connectivity index (χ1) is 12.8. The zero-order valence-electron chi connectivity index (χ0n) is 16.1. The van der Waals surface area contributed by atoms with Gasteiger partial charge in [-0.2, -0.15) is 0 Å². The van der Waals surface area contributed by atoms with Gasteiger partial charge in [-0.1, -0.05) is 24.8 Å². The number of carbonyl (C=O) groups excluding carboxylic acids is 2. The molecule has 0 radical (unpaired) electrons. The Kier molecular flexibility index (Phi) is 7.17. The number of nitrogens with zero attached hydrogens (tertiary/aromatic N) is 1. The van der Waals surface area contributed by atoms with E-state index in [2.05, 4.69) is 11.9 Å². The summed E-state index contributed by atoms with van der Waals surface area (Å²) in [7, 11) is 3.50. The average molecular weight is 366 g/mol. The molecule has 142 valence electrons. The molecule has 0 aliphatic rings. The van der Waals surface area contributed by atoms with Crippen molar-refractivity contribution in [3.8, 4) is 5.75 Å². The maximum atomic E-state index is 12.4. The van der Waals surface area contributed by atoms with Crippen LogP contribution in [0.1, 0.15) is 29.3 Å². The molecule has 0 bridgehead atoms. The summed E-state index contributed by atoms with van der Waals surface area (Å²) in [5.74, 6) is 0.527. The summed E-state index contributed by atoms with van der Waals surface area (Å²) in [6.07, 6.45) is 1.14. The Morgan fingerprint density at radius 2 is 1.81 bits per heavy atom. The molecule has 2 aromatic carbocycles. The minimum absolute atomic E-state index is 0.0983. The standard InChI is InChI=1S/C22H26N2O3/c1-16(2)15-27-20-7-5-6-18(14-20)22(26)23-19-11-8-17(9-12-19)10-13-21(25)24(3)4/h5-9,11-12,14H,1,10,13,15H2,2-4H3,(H,23,26). The Morgan fingerprint density at radius 3 is 2.44 bits per heavy atom. The number of hydrogen-bond acceptors (Lipinski definition) is 3. The van der Waals surface area contributed by atoms with Gasteiger partial charge in [0.2, 0.25) is 5.91 Å². The molecule has 0 atom stereocenters. The van der Waals surface area contributed by atoms with Crippen molar-refractivity contribution in [2.45, 2.75) is 19.8 Å². The van der Waals surface area contributed by atoms with Crippen LogP contribution in [0.4, 0.5) is 5.69 Å². The number of benzene rings is 2. The first kappa shape index (κ1) is 20.2. The molecule has 0 saturated carbocycles. The molecule has 0 heterocycles. The van der Waals surface area contributed by atoms with Gasteiger partial charge in [0.1, 0.15) is 12.4 Å². The minimum atomic E-state index is -0.202. The molecule has 27 heavy (non-hydrogen) atoms. The molecule has 2 amide bonds. The molecule has 0 unspecified atom stereocenters. The number of amides is 2. The van der Waals surface area contributed by atoms with Crippen LogP contribution in [0.25, 0.3) is 0 Å². The van der Waals surface area contributed by atoms with Crippen LogP contribution in [0.15, 0.2) is 60.7 Å². The molecule has 2 aromatic rings. The van der Waals surface area contributed by atoms with Gasteiger partial charge in [0.15, 0.2) is 0 Å². The second-order valence-corrected chi connectivity index (χ2v) is 6.71. The predicted molar refractivity (Wildman–Crippen MR) is 108 cm³/mol. The van der Waals surface area contributed by atoms with Gasteiger partial charge in [0.05, 0.1) is 0 Å². The highest BCUT2D eigenvalue weighted by molar-refractivity contribution is 6.04. The maximum Gasteiger partial charge on any atom is 0.255 e. The Labute approximate surface area is 160 Å². The number of hydrogen-bond donors (Lipinski definition) is 1. The summed E-state index contributed by atoms with van der Waals surface area (Å²) in [4.78, 5) is 25.7. The minimum Gasteiger partial charge on any atom is -0.489 e. The largest absolute Gasteiger partial charge is 0.489 e. The zero-order chi connectivity index (χ0) is 19.8. The highest BCUT2D eigenvalue weighted by Crippen LogP contribution is 2.17. The summed E-state index contributed by atoms with van der Waals surface area (Å²) in [5, 5.41) is 2.87. The molecule has 5 heteroatoms. The van der Waals surface area contributed by atoms with E-state index < -0.39 is 0 Å². The van der Waals surface area contributed by atoms with E-state index >= 15 is 0 Å². The monoisotopic (exact) mass is 366 g/mol. The van der Waals surface area contributed by atoms with Crippen molar-refractivity contribution in [1.29, 1.82) is 0 Å². The summed E-state index contributed by atoms with van der Waals surface area (Å²) < 4.78 is 5.58. The zero-order valence-corrected chi connectivity index (χ0v) is 16.1. The molecule has 0 fully saturated rings. The van der Waals surface area contributed by atoms with Crippen molar-refractivity contribution in [2.75, 3.05) is 26.0 Å². The molecule has 1 N–H and O–H groups in total. The lowest BCUT2D eigenvalue weighted by Crippen LogP contribution is -2.21. The first-order valence-corrected chi connectivity index (χ1v) is 8.83. The quantitative estimate of drug-likeness (QED) is 0.721. The molecular weight excluding hydrogens is 340 g/mol. The van der Waals surface area contributed by atoms with E-state index in [1.54, 1.807) is 37.2 Å². The third-order valence-corrected chi connectivity index (χ3v) is 3.92. The van der Waals surface area contributed by atoms with Crippen LogP contribution in [-0.4, -0.2) is 37.4 Å². The molecule has 0 aromatic heterocycles. The van der Waals surface area contributed by atoms with Crippen LogP contribution in [0.5, 0.6) is 5.75 Å². The highest BCUT2D eigenvalue weighted by Gasteiger charge is 2.08. The molecule has 0 saturated heterocycles. The number of aryl methyl sites for hydroxylation is 1. The van der Waals surface area contributed by atoms with E-state index in [0.717, 1.165) is 11.1 Å². The Morgan fingerprint density at radius 1 is 1.11 bits per heavy atom. The van der Waals surface area contributed by atoms with E-state index in [1.807, 2.05) is 37.3 Å². The topological polar surface area (TPSA) is 58.6 Å².